The molecule has 0 heterocycles. The van der Waals surface area contributed by atoms with Crippen LogP contribution in [0.5, 0.6) is 5.75 Å². The third-order valence-corrected chi connectivity index (χ3v) is 5.18. The molecule has 4 heteroatoms. The fraction of sp³-hybridized carbons (Fsp3) is 0.600. The number of rotatable bonds is 5. The molecular weight excluding hydrogens is 370 g/mol. The number of halogens is 2. The zero-order chi connectivity index (χ0) is 13.8. The van der Waals surface area contributed by atoms with Gasteiger partial charge in [-0.25, -0.2) is 0 Å². The minimum absolute atomic E-state index is 0.599. The predicted molar refractivity (Wildman–Crippen MR) is 86.7 cm³/mol. The van der Waals surface area contributed by atoms with Gasteiger partial charge in [0.15, 0.2) is 0 Å². The Hall–Kier alpha value is -0.0600. The quantitative estimate of drug-likeness (QED) is 0.772. The molecule has 0 bridgehead atoms. The smallest absolute Gasteiger partial charge is 0.147 e. The Morgan fingerprint density at radius 3 is 2.37 bits per heavy atom. The Kier molecular flexibility index (Phi) is 5.72. The van der Waals surface area contributed by atoms with Gasteiger partial charge >= 0.3 is 0 Å². The third-order valence-electron chi connectivity index (χ3n) is 4.00. The maximum atomic E-state index is 5.32. The van der Waals surface area contributed by atoms with Crippen molar-refractivity contribution < 1.29 is 4.74 Å². The van der Waals surface area contributed by atoms with Crippen LogP contribution in [0.4, 0.5) is 0 Å². The fourth-order valence-electron chi connectivity index (χ4n) is 2.81. The standard InChI is InChI=1S/C15H21Br2NO/c1-10(12-5-3-4-6-12)18-9-11-7-13(16)15(19-2)14(17)8-11/h7-8,10,12,18H,3-6,9H2,1-2H3. The van der Waals surface area contributed by atoms with E-state index in [1.54, 1.807) is 7.11 Å². The molecule has 1 atom stereocenters. The van der Waals surface area contributed by atoms with Crippen molar-refractivity contribution in [1.82, 2.24) is 5.32 Å². The number of benzene rings is 1. The first-order chi connectivity index (χ1) is 9.11. The summed E-state index contributed by atoms with van der Waals surface area (Å²) in [6, 6.07) is 4.85. The summed E-state index contributed by atoms with van der Waals surface area (Å²) in [7, 11) is 1.69. The Balaban J connectivity index is 1.95. The van der Waals surface area contributed by atoms with Crippen LogP contribution in [0.15, 0.2) is 21.1 Å². The van der Waals surface area contributed by atoms with E-state index in [1.807, 2.05) is 0 Å². The van der Waals surface area contributed by atoms with Crippen molar-refractivity contribution in [3.05, 3.63) is 26.6 Å². The second kappa shape index (κ2) is 7.09. The molecular formula is C15H21Br2NO. The van der Waals surface area contributed by atoms with Gasteiger partial charge in [0, 0.05) is 12.6 Å². The minimum Gasteiger partial charge on any atom is -0.494 e. The van der Waals surface area contributed by atoms with Crippen molar-refractivity contribution in [3.8, 4) is 5.75 Å². The van der Waals surface area contributed by atoms with E-state index in [0.29, 0.717) is 6.04 Å². The van der Waals surface area contributed by atoms with Gasteiger partial charge in [0.1, 0.15) is 5.75 Å². The highest BCUT2D eigenvalue weighted by Gasteiger charge is 2.21. The number of nitrogens with one attached hydrogen (secondary N) is 1. The van der Waals surface area contributed by atoms with Crippen LogP contribution >= 0.6 is 31.9 Å². The van der Waals surface area contributed by atoms with Crippen molar-refractivity contribution in [2.45, 2.75) is 45.2 Å². The first-order valence-electron chi connectivity index (χ1n) is 6.87. The molecule has 1 N–H and O–H groups in total. The maximum absolute atomic E-state index is 5.32. The molecule has 1 unspecified atom stereocenters. The second-order valence-corrected chi connectivity index (χ2v) is 7.02. The molecule has 2 rings (SSSR count). The van der Waals surface area contributed by atoms with Crippen molar-refractivity contribution in [2.75, 3.05) is 7.11 Å². The van der Waals surface area contributed by atoms with Crippen LogP contribution < -0.4 is 10.1 Å². The van der Waals surface area contributed by atoms with Crippen LogP contribution in [-0.4, -0.2) is 13.2 Å². The molecule has 106 valence electrons. The van der Waals surface area contributed by atoms with Gasteiger partial charge in [-0.2, -0.15) is 0 Å². The lowest BCUT2D eigenvalue weighted by atomic mass is 9.99. The van der Waals surface area contributed by atoms with Gasteiger partial charge in [-0.15, -0.1) is 0 Å². The third kappa shape index (κ3) is 3.96. The molecule has 1 fully saturated rings. The summed E-state index contributed by atoms with van der Waals surface area (Å²) in [4.78, 5) is 0. The summed E-state index contributed by atoms with van der Waals surface area (Å²) in [5.74, 6) is 1.71. The van der Waals surface area contributed by atoms with E-state index >= 15 is 0 Å². The molecule has 0 radical (unpaired) electrons. The maximum Gasteiger partial charge on any atom is 0.147 e. The summed E-state index contributed by atoms with van der Waals surface area (Å²) in [6.45, 7) is 3.21. The molecule has 19 heavy (non-hydrogen) atoms. The van der Waals surface area contributed by atoms with Crippen molar-refractivity contribution >= 4 is 31.9 Å². The molecule has 1 aromatic rings. The molecule has 1 aromatic carbocycles. The van der Waals surface area contributed by atoms with Gasteiger partial charge in [0.05, 0.1) is 16.1 Å². The Morgan fingerprint density at radius 1 is 1.26 bits per heavy atom. The van der Waals surface area contributed by atoms with Gasteiger partial charge in [-0.1, -0.05) is 12.8 Å². The van der Waals surface area contributed by atoms with Crippen LogP contribution in [0, 0.1) is 5.92 Å². The zero-order valence-electron chi connectivity index (χ0n) is 11.5. The van der Waals surface area contributed by atoms with E-state index in [4.69, 9.17) is 4.74 Å². The molecule has 0 saturated heterocycles. The Bertz CT molecular complexity index is 407. The van der Waals surface area contributed by atoms with Gasteiger partial charge in [-0.3, -0.25) is 0 Å². The van der Waals surface area contributed by atoms with Gasteiger partial charge in [0.2, 0.25) is 0 Å². The molecule has 0 aromatic heterocycles. The average Bonchev–Trinajstić information content (AvgIpc) is 2.89. The van der Waals surface area contributed by atoms with E-state index in [-0.39, 0.29) is 0 Å². The van der Waals surface area contributed by atoms with Gasteiger partial charge < -0.3 is 10.1 Å². The van der Waals surface area contributed by atoms with E-state index in [2.05, 4.69) is 56.2 Å². The summed E-state index contributed by atoms with van der Waals surface area (Å²) in [5.41, 5.74) is 1.27. The number of hydrogen-bond acceptors (Lipinski definition) is 2. The van der Waals surface area contributed by atoms with Crippen LogP contribution in [0.3, 0.4) is 0 Å². The molecule has 0 amide bonds. The van der Waals surface area contributed by atoms with Crippen LogP contribution in [0.2, 0.25) is 0 Å². The van der Waals surface area contributed by atoms with E-state index in [1.165, 1.54) is 31.2 Å². The average molecular weight is 391 g/mol. The lowest BCUT2D eigenvalue weighted by molar-refractivity contribution is 0.380. The highest BCUT2D eigenvalue weighted by molar-refractivity contribution is 9.11. The molecule has 1 aliphatic carbocycles. The van der Waals surface area contributed by atoms with Crippen molar-refractivity contribution in [3.63, 3.8) is 0 Å². The van der Waals surface area contributed by atoms with Gasteiger partial charge in [-0.05, 0) is 75.2 Å². The minimum atomic E-state index is 0.599. The van der Waals surface area contributed by atoms with Crippen molar-refractivity contribution in [2.24, 2.45) is 5.92 Å². The topological polar surface area (TPSA) is 21.3 Å². The second-order valence-electron chi connectivity index (χ2n) is 5.31. The van der Waals surface area contributed by atoms with E-state index in [0.717, 1.165) is 27.2 Å². The van der Waals surface area contributed by atoms with Gasteiger partial charge in [0.25, 0.3) is 0 Å². The Labute approximate surface area is 132 Å². The first-order valence-corrected chi connectivity index (χ1v) is 8.45. The molecule has 0 spiro atoms. The van der Waals surface area contributed by atoms with Crippen LogP contribution in [0.1, 0.15) is 38.2 Å². The lowest BCUT2D eigenvalue weighted by Gasteiger charge is -2.20. The highest BCUT2D eigenvalue weighted by atomic mass is 79.9. The summed E-state index contributed by atoms with van der Waals surface area (Å²) in [6.07, 6.45) is 5.56. The first kappa shape index (κ1) is 15.3. The van der Waals surface area contributed by atoms with E-state index < -0.39 is 0 Å². The monoisotopic (exact) mass is 389 g/mol. The molecule has 2 nitrogen and oxygen atoms in total. The Morgan fingerprint density at radius 2 is 1.84 bits per heavy atom. The predicted octanol–water partition coefficient (Wildman–Crippen LogP) is 4.89. The number of hydrogen-bond donors (Lipinski definition) is 1. The molecule has 0 aliphatic heterocycles. The van der Waals surface area contributed by atoms with E-state index in [9.17, 15) is 0 Å². The van der Waals surface area contributed by atoms with Crippen LogP contribution in [-0.2, 0) is 6.54 Å². The highest BCUT2D eigenvalue weighted by Crippen LogP contribution is 2.34. The lowest BCUT2D eigenvalue weighted by Crippen LogP contribution is -2.31. The van der Waals surface area contributed by atoms with Crippen molar-refractivity contribution in [1.29, 1.82) is 0 Å². The fourth-order valence-corrected chi connectivity index (χ4v) is 4.42. The SMILES string of the molecule is COc1c(Br)cc(CNC(C)C2CCCC2)cc1Br. The van der Waals surface area contributed by atoms with Crippen LogP contribution in [0.25, 0.3) is 0 Å². The summed E-state index contributed by atoms with van der Waals surface area (Å²) in [5, 5.41) is 3.65. The largest absolute Gasteiger partial charge is 0.494 e. The summed E-state index contributed by atoms with van der Waals surface area (Å²) >= 11 is 7.10. The normalized spacial score (nSPS) is 17.7. The summed E-state index contributed by atoms with van der Waals surface area (Å²) < 4.78 is 7.31. The number of ether oxygens (including phenoxy) is 1. The number of methoxy groups -OCH3 is 1. The molecule has 1 aliphatic rings. The molecule has 1 saturated carbocycles. The zero-order valence-corrected chi connectivity index (χ0v) is 14.7.